The van der Waals surface area contributed by atoms with Gasteiger partial charge in [0.05, 0.1) is 28.2 Å². The minimum Gasteiger partial charge on any atom is -0.478 e. The van der Waals surface area contributed by atoms with E-state index in [2.05, 4.69) is 0 Å². The first-order valence-electron chi connectivity index (χ1n) is 7.47. The van der Waals surface area contributed by atoms with Crippen LogP contribution in [0.4, 0.5) is 0 Å². The fourth-order valence-electron chi connectivity index (χ4n) is 2.10. The summed E-state index contributed by atoms with van der Waals surface area (Å²) in [6.45, 7) is 1.79. The van der Waals surface area contributed by atoms with E-state index < -0.39 is 44.0 Å². The van der Waals surface area contributed by atoms with Crippen molar-refractivity contribution in [2.24, 2.45) is 0 Å². The van der Waals surface area contributed by atoms with Gasteiger partial charge in [0.25, 0.3) is 10.1 Å². The van der Waals surface area contributed by atoms with Gasteiger partial charge in [0.1, 0.15) is 5.75 Å². The highest BCUT2D eigenvalue weighted by molar-refractivity contribution is 7.85. The molecular weight excluding hydrogens is 380 g/mol. The van der Waals surface area contributed by atoms with Crippen molar-refractivity contribution >= 4 is 28.0 Å². The Hall–Kier alpha value is -3.24. The van der Waals surface area contributed by atoms with Crippen LogP contribution < -0.4 is 4.74 Å². The third-order valence-corrected chi connectivity index (χ3v) is 4.14. The van der Waals surface area contributed by atoms with Crippen molar-refractivity contribution in [1.29, 1.82) is 0 Å². The van der Waals surface area contributed by atoms with Crippen LogP contribution in [-0.2, 0) is 14.9 Å². The lowest BCUT2D eigenvalue weighted by atomic mass is 10.1. The fourth-order valence-corrected chi connectivity index (χ4v) is 2.61. The normalized spacial score (nSPS) is 10.9. The molecule has 2 aromatic carbocycles. The number of ether oxygens (including phenoxy) is 2. The van der Waals surface area contributed by atoms with Gasteiger partial charge in [-0.15, -0.1) is 0 Å². The second-order valence-corrected chi connectivity index (χ2v) is 6.55. The maximum absolute atomic E-state index is 12.3. The van der Waals surface area contributed by atoms with Crippen LogP contribution in [0.1, 0.15) is 38.0 Å². The predicted octanol–water partition coefficient (Wildman–Crippen LogP) is 2.03. The maximum atomic E-state index is 12.3. The second kappa shape index (κ2) is 7.98. The third-order valence-electron chi connectivity index (χ3n) is 3.29. The number of carboxylic acid groups (broad SMARTS) is 1. The third kappa shape index (κ3) is 4.90. The van der Waals surface area contributed by atoms with E-state index in [4.69, 9.17) is 14.0 Å². The minimum atomic E-state index is -4.65. The van der Waals surface area contributed by atoms with Gasteiger partial charge in [-0.1, -0.05) is 6.07 Å². The van der Waals surface area contributed by atoms with Crippen molar-refractivity contribution < 1.29 is 41.9 Å². The van der Waals surface area contributed by atoms with E-state index in [9.17, 15) is 27.9 Å². The first kappa shape index (κ1) is 20.1. The molecule has 0 amide bonds. The number of carbonyl (C=O) groups is 3. The smallest absolute Gasteiger partial charge is 0.344 e. The molecule has 0 bridgehead atoms. The summed E-state index contributed by atoms with van der Waals surface area (Å²) in [6, 6.07) is 7.91. The Morgan fingerprint density at radius 2 is 1.70 bits per heavy atom. The van der Waals surface area contributed by atoms with Crippen molar-refractivity contribution in [3.05, 3.63) is 59.2 Å². The van der Waals surface area contributed by atoms with Crippen LogP contribution in [0.25, 0.3) is 0 Å². The van der Waals surface area contributed by atoms with E-state index in [0.717, 1.165) is 12.1 Å². The minimum absolute atomic E-state index is 0.0410. The lowest BCUT2D eigenvalue weighted by Gasteiger charge is -2.09. The molecule has 9 nitrogen and oxygen atoms in total. The molecule has 0 aliphatic carbocycles. The second-order valence-electron chi connectivity index (χ2n) is 5.13. The summed E-state index contributed by atoms with van der Waals surface area (Å²) in [4.78, 5) is 34.6. The number of carboxylic acids is 1. The number of aromatic carboxylic acids is 1. The van der Waals surface area contributed by atoms with Gasteiger partial charge in [0.2, 0.25) is 0 Å². The zero-order valence-corrected chi connectivity index (χ0v) is 14.7. The van der Waals surface area contributed by atoms with Crippen LogP contribution >= 0.6 is 0 Å². The molecular formula is C17H14O9S. The van der Waals surface area contributed by atoms with Crippen molar-refractivity contribution in [2.75, 3.05) is 6.61 Å². The molecule has 2 N–H and O–H groups in total. The highest BCUT2D eigenvalue weighted by atomic mass is 32.2. The van der Waals surface area contributed by atoms with Gasteiger partial charge in [-0.3, -0.25) is 4.55 Å². The average Bonchev–Trinajstić information content (AvgIpc) is 2.60. The molecule has 0 heterocycles. The van der Waals surface area contributed by atoms with Gasteiger partial charge in [0.15, 0.2) is 0 Å². The molecule has 2 aromatic rings. The van der Waals surface area contributed by atoms with Crippen LogP contribution in [0.2, 0.25) is 0 Å². The molecule has 2 rings (SSSR count). The summed E-state index contributed by atoms with van der Waals surface area (Å²) in [5, 5.41) is 9.20. The quantitative estimate of drug-likeness (QED) is 0.427. The van der Waals surface area contributed by atoms with E-state index in [1.54, 1.807) is 6.92 Å². The summed E-state index contributed by atoms with van der Waals surface area (Å²) in [5.74, 6) is -3.34. The number of benzene rings is 2. The summed E-state index contributed by atoms with van der Waals surface area (Å²) in [7, 11) is -4.65. The number of hydrogen-bond donors (Lipinski definition) is 2. The molecule has 142 valence electrons. The average molecular weight is 394 g/mol. The van der Waals surface area contributed by atoms with Gasteiger partial charge in [-0.25, -0.2) is 14.4 Å². The van der Waals surface area contributed by atoms with Crippen LogP contribution in [0.15, 0.2) is 47.4 Å². The predicted molar refractivity (Wildman–Crippen MR) is 90.6 cm³/mol. The number of rotatable bonds is 6. The van der Waals surface area contributed by atoms with Crippen LogP contribution in [0.5, 0.6) is 5.75 Å². The van der Waals surface area contributed by atoms with E-state index in [0.29, 0.717) is 6.07 Å². The molecule has 0 atom stereocenters. The maximum Gasteiger partial charge on any atom is 0.344 e. The summed E-state index contributed by atoms with van der Waals surface area (Å²) >= 11 is 0. The number of esters is 2. The Labute approximate surface area is 153 Å². The van der Waals surface area contributed by atoms with E-state index in [1.807, 2.05) is 0 Å². The summed E-state index contributed by atoms with van der Waals surface area (Å²) in [5.41, 5.74) is -0.976. The van der Waals surface area contributed by atoms with E-state index >= 15 is 0 Å². The number of carbonyl (C=O) groups excluding carboxylic acids is 2. The molecule has 0 aliphatic heterocycles. The first-order valence-corrected chi connectivity index (χ1v) is 8.91. The Morgan fingerprint density at radius 3 is 2.30 bits per heavy atom. The first-order chi connectivity index (χ1) is 12.6. The molecule has 10 heteroatoms. The standard InChI is InChI=1S/C17H14O9S/c1-2-25-16(20)10-4-3-5-11(8-10)26-17(21)13-7-6-12(27(22,23)24)9-14(13)15(18)19/h3-9H,2H2,1H3,(H,18,19)(H,22,23,24). The Balaban J connectivity index is 2.35. The lowest BCUT2D eigenvalue weighted by molar-refractivity contribution is 0.0524. The lowest BCUT2D eigenvalue weighted by Crippen LogP contribution is -2.15. The molecule has 27 heavy (non-hydrogen) atoms. The van der Waals surface area contributed by atoms with Crippen molar-refractivity contribution in [3.63, 3.8) is 0 Å². The molecule has 0 radical (unpaired) electrons. The van der Waals surface area contributed by atoms with Crippen LogP contribution in [0, 0.1) is 0 Å². The number of hydrogen-bond acceptors (Lipinski definition) is 7. The summed E-state index contributed by atoms with van der Waals surface area (Å²) in [6.07, 6.45) is 0. The highest BCUT2D eigenvalue weighted by Crippen LogP contribution is 2.20. The monoisotopic (exact) mass is 394 g/mol. The Bertz CT molecular complexity index is 1010. The van der Waals surface area contributed by atoms with E-state index in [1.165, 1.54) is 24.3 Å². The molecule has 0 unspecified atom stereocenters. The SMILES string of the molecule is CCOC(=O)c1cccc(OC(=O)c2ccc(S(=O)(=O)O)cc2C(=O)O)c1. The van der Waals surface area contributed by atoms with Gasteiger partial charge < -0.3 is 14.6 Å². The topological polar surface area (TPSA) is 144 Å². The molecule has 0 fully saturated rings. The Kier molecular flexibility index (Phi) is 5.93. The Morgan fingerprint density at radius 1 is 1.00 bits per heavy atom. The highest BCUT2D eigenvalue weighted by Gasteiger charge is 2.22. The van der Waals surface area contributed by atoms with Crippen molar-refractivity contribution in [1.82, 2.24) is 0 Å². The molecule has 0 spiro atoms. The fraction of sp³-hybridized carbons (Fsp3) is 0.118. The molecule has 0 aliphatic rings. The van der Waals surface area contributed by atoms with Gasteiger partial charge >= 0.3 is 17.9 Å². The van der Waals surface area contributed by atoms with Gasteiger partial charge in [0, 0.05) is 0 Å². The van der Waals surface area contributed by atoms with Crippen molar-refractivity contribution in [2.45, 2.75) is 11.8 Å². The van der Waals surface area contributed by atoms with E-state index in [-0.39, 0.29) is 17.9 Å². The molecule has 0 aromatic heterocycles. The zero-order valence-electron chi connectivity index (χ0n) is 13.9. The zero-order chi connectivity index (χ0) is 20.2. The molecule has 0 saturated heterocycles. The van der Waals surface area contributed by atoms with Gasteiger partial charge in [-0.05, 0) is 43.3 Å². The van der Waals surface area contributed by atoms with Crippen molar-refractivity contribution in [3.8, 4) is 5.75 Å². The molecule has 0 saturated carbocycles. The largest absolute Gasteiger partial charge is 0.478 e. The van der Waals surface area contributed by atoms with Gasteiger partial charge in [-0.2, -0.15) is 8.42 Å². The van der Waals surface area contributed by atoms with Crippen LogP contribution in [-0.4, -0.2) is 42.6 Å². The summed E-state index contributed by atoms with van der Waals surface area (Å²) < 4.78 is 41.2. The van der Waals surface area contributed by atoms with Crippen LogP contribution in [0.3, 0.4) is 0 Å².